The highest BCUT2D eigenvalue weighted by Crippen LogP contribution is 2.46. The van der Waals surface area contributed by atoms with Gasteiger partial charge in [0.1, 0.15) is 0 Å². The lowest BCUT2D eigenvalue weighted by molar-refractivity contribution is 0.0606. The standard InChI is InChI=1S/C12H15ClN2O2S/c1-17-11(16)9-10(13)15-12(18-9)14-8(6-2-3-6)7-4-5-7/h6-8H,2-5H2,1H3,(H,14,15). The zero-order valence-corrected chi connectivity index (χ0v) is 11.7. The number of methoxy groups -OCH3 is 1. The number of nitrogens with one attached hydrogen (secondary N) is 1. The summed E-state index contributed by atoms with van der Waals surface area (Å²) in [6, 6.07) is 0.512. The van der Waals surface area contributed by atoms with Crippen molar-refractivity contribution in [3.05, 3.63) is 10.0 Å². The highest BCUT2D eigenvalue weighted by molar-refractivity contribution is 7.18. The number of rotatable bonds is 5. The molecule has 0 aliphatic heterocycles. The van der Waals surface area contributed by atoms with Crippen LogP contribution in [-0.4, -0.2) is 24.1 Å². The quantitative estimate of drug-likeness (QED) is 0.845. The van der Waals surface area contributed by atoms with E-state index in [0.29, 0.717) is 10.9 Å². The number of hydrogen-bond acceptors (Lipinski definition) is 5. The number of aromatic nitrogens is 1. The Balaban J connectivity index is 1.73. The van der Waals surface area contributed by atoms with E-state index in [1.807, 2.05) is 0 Å². The number of esters is 1. The van der Waals surface area contributed by atoms with Crippen LogP contribution in [0.1, 0.15) is 35.4 Å². The van der Waals surface area contributed by atoms with E-state index in [2.05, 4.69) is 15.0 Å². The Hall–Kier alpha value is -0.810. The predicted molar refractivity (Wildman–Crippen MR) is 71.3 cm³/mol. The Kier molecular flexibility index (Phi) is 3.20. The number of thiazole rings is 1. The van der Waals surface area contributed by atoms with Crippen LogP contribution in [0, 0.1) is 11.8 Å². The zero-order chi connectivity index (χ0) is 12.7. The summed E-state index contributed by atoms with van der Waals surface area (Å²) >= 11 is 7.23. The molecule has 6 heteroatoms. The molecule has 0 atom stereocenters. The molecule has 0 bridgehead atoms. The summed E-state index contributed by atoms with van der Waals surface area (Å²) in [5.74, 6) is 1.14. The van der Waals surface area contributed by atoms with E-state index in [1.54, 1.807) is 0 Å². The van der Waals surface area contributed by atoms with Crippen LogP contribution in [0.4, 0.5) is 5.13 Å². The topological polar surface area (TPSA) is 51.2 Å². The van der Waals surface area contributed by atoms with Crippen molar-refractivity contribution >= 4 is 34.0 Å². The van der Waals surface area contributed by atoms with Crippen LogP contribution in [0.5, 0.6) is 0 Å². The van der Waals surface area contributed by atoms with E-state index in [9.17, 15) is 4.79 Å². The van der Waals surface area contributed by atoms with E-state index >= 15 is 0 Å². The number of anilines is 1. The maximum absolute atomic E-state index is 11.5. The number of ether oxygens (including phenoxy) is 1. The third-order valence-corrected chi connectivity index (χ3v) is 4.86. The first-order valence-corrected chi connectivity index (χ1v) is 7.39. The SMILES string of the molecule is COC(=O)c1sc(NC(C2CC2)C2CC2)nc1Cl. The number of carbonyl (C=O) groups excluding carboxylic acids is 1. The van der Waals surface area contributed by atoms with E-state index < -0.39 is 5.97 Å². The third kappa shape index (κ3) is 2.47. The maximum Gasteiger partial charge on any atom is 0.351 e. The van der Waals surface area contributed by atoms with E-state index in [-0.39, 0.29) is 5.15 Å². The molecule has 98 valence electrons. The Morgan fingerprint density at radius 2 is 2.06 bits per heavy atom. The normalized spacial score (nSPS) is 19.1. The monoisotopic (exact) mass is 286 g/mol. The third-order valence-electron chi connectivity index (χ3n) is 3.51. The van der Waals surface area contributed by atoms with Crippen molar-refractivity contribution < 1.29 is 9.53 Å². The molecule has 0 radical (unpaired) electrons. The molecule has 1 N–H and O–H groups in total. The predicted octanol–water partition coefficient (Wildman–Crippen LogP) is 3.18. The molecule has 18 heavy (non-hydrogen) atoms. The molecule has 0 spiro atoms. The Bertz CT molecular complexity index is 457. The summed E-state index contributed by atoms with van der Waals surface area (Å²) in [7, 11) is 1.35. The summed E-state index contributed by atoms with van der Waals surface area (Å²) in [5.41, 5.74) is 0. The summed E-state index contributed by atoms with van der Waals surface area (Å²) < 4.78 is 4.67. The lowest BCUT2D eigenvalue weighted by atomic mass is 10.1. The first kappa shape index (κ1) is 12.2. The average molecular weight is 287 g/mol. The number of hydrogen-bond donors (Lipinski definition) is 1. The van der Waals surface area contributed by atoms with Crippen molar-refractivity contribution in [3.63, 3.8) is 0 Å². The minimum absolute atomic E-state index is 0.236. The molecule has 4 nitrogen and oxygen atoms in total. The minimum atomic E-state index is -0.417. The number of nitrogens with zero attached hydrogens (tertiary/aromatic N) is 1. The van der Waals surface area contributed by atoms with Crippen molar-refractivity contribution in [3.8, 4) is 0 Å². The van der Waals surface area contributed by atoms with Crippen LogP contribution >= 0.6 is 22.9 Å². The summed E-state index contributed by atoms with van der Waals surface area (Å²) in [6.45, 7) is 0. The van der Waals surface area contributed by atoms with E-state index in [4.69, 9.17) is 11.6 Å². The molecule has 2 fully saturated rings. The molecule has 0 aromatic carbocycles. The van der Waals surface area contributed by atoms with Gasteiger partial charge in [-0.05, 0) is 37.5 Å². The van der Waals surface area contributed by atoms with E-state index in [1.165, 1.54) is 44.1 Å². The van der Waals surface area contributed by atoms with Gasteiger partial charge in [-0.25, -0.2) is 9.78 Å². The fraction of sp³-hybridized carbons (Fsp3) is 0.667. The van der Waals surface area contributed by atoms with Gasteiger partial charge in [-0.2, -0.15) is 0 Å². The summed E-state index contributed by atoms with van der Waals surface area (Å²) in [6.07, 6.45) is 5.21. The smallest absolute Gasteiger partial charge is 0.351 e. The molecule has 0 unspecified atom stereocenters. The van der Waals surface area contributed by atoms with Gasteiger partial charge >= 0.3 is 5.97 Å². The fourth-order valence-corrected chi connectivity index (χ4v) is 3.41. The van der Waals surface area contributed by atoms with E-state index in [0.717, 1.165) is 17.0 Å². The second kappa shape index (κ2) is 4.70. The summed E-state index contributed by atoms with van der Waals surface area (Å²) in [4.78, 5) is 16.1. The Morgan fingerprint density at radius 3 is 2.56 bits per heavy atom. The van der Waals surface area contributed by atoms with Crippen molar-refractivity contribution in [2.45, 2.75) is 31.7 Å². The van der Waals surface area contributed by atoms with Crippen molar-refractivity contribution in [2.75, 3.05) is 12.4 Å². The second-order valence-corrected chi connectivity index (χ2v) is 6.33. The van der Waals surface area contributed by atoms with Gasteiger partial charge in [-0.15, -0.1) is 0 Å². The second-order valence-electron chi connectivity index (χ2n) is 4.98. The van der Waals surface area contributed by atoms with Crippen LogP contribution in [0.2, 0.25) is 5.15 Å². The van der Waals surface area contributed by atoms with Crippen LogP contribution in [0.25, 0.3) is 0 Å². The highest BCUT2D eigenvalue weighted by atomic mass is 35.5. The number of carbonyl (C=O) groups is 1. The molecule has 2 aliphatic rings. The van der Waals surface area contributed by atoms with Gasteiger partial charge in [0.2, 0.25) is 0 Å². The lowest BCUT2D eigenvalue weighted by Gasteiger charge is -2.16. The molecule has 1 heterocycles. The van der Waals surface area contributed by atoms with Gasteiger partial charge in [-0.1, -0.05) is 22.9 Å². The molecule has 1 aromatic rings. The Morgan fingerprint density at radius 1 is 1.44 bits per heavy atom. The van der Waals surface area contributed by atoms with Gasteiger partial charge < -0.3 is 10.1 Å². The van der Waals surface area contributed by atoms with Gasteiger partial charge in [0.25, 0.3) is 0 Å². The largest absolute Gasteiger partial charge is 0.465 e. The van der Waals surface area contributed by atoms with Crippen LogP contribution in [0.3, 0.4) is 0 Å². The van der Waals surface area contributed by atoms with Gasteiger partial charge in [-0.3, -0.25) is 0 Å². The minimum Gasteiger partial charge on any atom is -0.465 e. The number of halogens is 1. The Labute approximate surface area is 115 Å². The molecular weight excluding hydrogens is 272 g/mol. The molecule has 0 amide bonds. The first-order valence-electron chi connectivity index (χ1n) is 6.20. The fourth-order valence-electron chi connectivity index (χ4n) is 2.26. The van der Waals surface area contributed by atoms with Crippen LogP contribution < -0.4 is 5.32 Å². The van der Waals surface area contributed by atoms with Crippen LogP contribution in [-0.2, 0) is 4.74 Å². The molecular formula is C12H15ClN2O2S. The molecule has 2 saturated carbocycles. The highest BCUT2D eigenvalue weighted by Gasteiger charge is 2.41. The van der Waals surface area contributed by atoms with Gasteiger partial charge in [0.15, 0.2) is 15.2 Å². The lowest BCUT2D eigenvalue weighted by Crippen LogP contribution is -2.23. The zero-order valence-electron chi connectivity index (χ0n) is 10.1. The molecule has 0 saturated heterocycles. The average Bonchev–Trinajstić information content (AvgIpc) is 3.24. The van der Waals surface area contributed by atoms with Crippen LogP contribution in [0.15, 0.2) is 0 Å². The molecule has 1 aromatic heterocycles. The van der Waals surface area contributed by atoms with Crippen molar-refractivity contribution in [2.24, 2.45) is 11.8 Å². The molecule has 2 aliphatic carbocycles. The van der Waals surface area contributed by atoms with Crippen molar-refractivity contribution in [1.82, 2.24) is 4.98 Å². The first-order chi connectivity index (χ1) is 8.69. The maximum atomic E-state index is 11.5. The van der Waals surface area contributed by atoms with Crippen molar-refractivity contribution in [1.29, 1.82) is 0 Å². The van der Waals surface area contributed by atoms with Gasteiger partial charge in [0.05, 0.1) is 7.11 Å². The van der Waals surface area contributed by atoms with Gasteiger partial charge in [0, 0.05) is 6.04 Å². The molecule has 3 rings (SSSR count). The summed E-state index contributed by atoms with van der Waals surface area (Å²) in [5, 5.41) is 4.43.